The summed E-state index contributed by atoms with van der Waals surface area (Å²) in [5.74, 6) is 0.244. The summed E-state index contributed by atoms with van der Waals surface area (Å²) in [6.45, 7) is 0.387. The van der Waals surface area contributed by atoms with Crippen molar-refractivity contribution in [2.75, 3.05) is 7.05 Å². The summed E-state index contributed by atoms with van der Waals surface area (Å²) in [6, 6.07) is 18.4. The van der Waals surface area contributed by atoms with E-state index in [0.717, 1.165) is 16.9 Å². The largest absolute Gasteiger partial charge is 0.467 e. The van der Waals surface area contributed by atoms with E-state index in [1.54, 1.807) is 42.5 Å². The van der Waals surface area contributed by atoms with Crippen LogP contribution in [-0.2, 0) is 17.7 Å². The molecule has 0 unspecified atom stereocenters. The van der Waals surface area contributed by atoms with E-state index in [9.17, 15) is 9.59 Å². The number of furan rings is 1. The number of ether oxygens (including phenoxy) is 1. The van der Waals surface area contributed by atoms with Crippen molar-refractivity contribution in [3.8, 4) is 0 Å². The van der Waals surface area contributed by atoms with Gasteiger partial charge in [-0.15, -0.1) is 0 Å². The fourth-order valence-electron chi connectivity index (χ4n) is 3.31. The number of rotatable bonds is 4. The van der Waals surface area contributed by atoms with Crippen LogP contribution in [0.15, 0.2) is 71.3 Å². The van der Waals surface area contributed by atoms with E-state index in [0.29, 0.717) is 24.1 Å². The predicted molar refractivity (Wildman–Crippen MR) is 99.3 cm³/mol. The third-order valence-corrected chi connectivity index (χ3v) is 4.72. The summed E-state index contributed by atoms with van der Waals surface area (Å²) >= 11 is 0. The van der Waals surface area contributed by atoms with E-state index >= 15 is 0 Å². The zero-order chi connectivity index (χ0) is 18.8. The summed E-state index contributed by atoms with van der Waals surface area (Å²) in [5.41, 5.74) is 2.84. The van der Waals surface area contributed by atoms with Gasteiger partial charge in [-0.3, -0.25) is 4.79 Å². The number of esters is 1. The Labute approximate surface area is 157 Å². The maximum atomic E-state index is 12.8. The molecule has 2 aromatic carbocycles. The molecule has 1 aromatic heterocycles. The van der Waals surface area contributed by atoms with E-state index in [4.69, 9.17) is 9.15 Å². The van der Waals surface area contributed by atoms with Crippen LogP contribution >= 0.6 is 0 Å². The number of carbonyl (C=O) groups is 2. The standard InChI is InChI=1S/C22H19NO4/c1-23(14-18-8-5-11-26-18)21(24)16-9-10-19-17(12-16)13-20(27-22(19)25)15-6-3-2-4-7-15/h2-12,20H,13-14H2,1H3/t20-/m0/s1. The Bertz CT molecular complexity index is 963. The normalized spacial score (nSPS) is 15.7. The highest BCUT2D eigenvalue weighted by Gasteiger charge is 2.28. The van der Waals surface area contributed by atoms with Crippen LogP contribution in [0.5, 0.6) is 0 Å². The number of carbonyl (C=O) groups excluding carboxylic acids is 2. The smallest absolute Gasteiger partial charge is 0.339 e. The highest BCUT2D eigenvalue weighted by Crippen LogP contribution is 2.31. The van der Waals surface area contributed by atoms with Gasteiger partial charge in [0.2, 0.25) is 0 Å². The van der Waals surface area contributed by atoms with Crippen LogP contribution in [0, 0.1) is 0 Å². The molecule has 0 radical (unpaired) electrons. The second-order valence-electron chi connectivity index (χ2n) is 6.62. The fourth-order valence-corrected chi connectivity index (χ4v) is 3.31. The first-order chi connectivity index (χ1) is 13.1. The van der Waals surface area contributed by atoms with Crippen molar-refractivity contribution < 1.29 is 18.7 Å². The Morgan fingerprint density at radius 2 is 1.93 bits per heavy atom. The highest BCUT2D eigenvalue weighted by atomic mass is 16.5. The predicted octanol–water partition coefficient (Wildman–Crippen LogP) is 4.01. The van der Waals surface area contributed by atoms with E-state index in [-0.39, 0.29) is 18.0 Å². The lowest BCUT2D eigenvalue weighted by Crippen LogP contribution is -2.27. The maximum absolute atomic E-state index is 12.8. The van der Waals surface area contributed by atoms with E-state index < -0.39 is 0 Å². The number of nitrogens with zero attached hydrogens (tertiary/aromatic N) is 1. The summed E-state index contributed by atoms with van der Waals surface area (Å²) in [6.07, 6.45) is 1.80. The molecule has 0 spiro atoms. The number of amides is 1. The zero-order valence-electron chi connectivity index (χ0n) is 14.9. The molecule has 5 heteroatoms. The molecule has 5 nitrogen and oxygen atoms in total. The van der Waals surface area contributed by atoms with Gasteiger partial charge < -0.3 is 14.1 Å². The van der Waals surface area contributed by atoms with Gasteiger partial charge in [0.25, 0.3) is 5.91 Å². The van der Waals surface area contributed by atoms with Gasteiger partial charge in [0.05, 0.1) is 18.4 Å². The number of cyclic esters (lactones) is 1. The lowest BCUT2D eigenvalue weighted by Gasteiger charge is -2.25. The average Bonchev–Trinajstić information content (AvgIpc) is 3.20. The molecule has 3 aromatic rings. The summed E-state index contributed by atoms with van der Waals surface area (Å²) in [7, 11) is 1.73. The van der Waals surface area contributed by atoms with Crippen LogP contribution in [-0.4, -0.2) is 23.8 Å². The summed E-state index contributed by atoms with van der Waals surface area (Å²) in [4.78, 5) is 26.7. The lowest BCUT2D eigenvalue weighted by atomic mass is 9.93. The lowest BCUT2D eigenvalue weighted by molar-refractivity contribution is 0.0252. The molecular weight excluding hydrogens is 342 g/mol. The fraction of sp³-hybridized carbons (Fsp3) is 0.182. The van der Waals surface area contributed by atoms with Crippen molar-refractivity contribution >= 4 is 11.9 Å². The van der Waals surface area contributed by atoms with Crippen LogP contribution < -0.4 is 0 Å². The summed E-state index contributed by atoms with van der Waals surface area (Å²) < 4.78 is 10.9. The van der Waals surface area contributed by atoms with Crippen LogP contribution in [0.2, 0.25) is 0 Å². The number of fused-ring (bicyclic) bond motifs is 1. The Morgan fingerprint density at radius 1 is 1.11 bits per heavy atom. The van der Waals surface area contributed by atoms with Crippen molar-refractivity contribution in [3.05, 3.63) is 94.9 Å². The first-order valence-electron chi connectivity index (χ1n) is 8.78. The van der Waals surface area contributed by atoms with Gasteiger partial charge in [0, 0.05) is 19.0 Å². The van der Waals surface area contributed by atoms with Crippen LogP contribution in [0.25, 0.3) is 0 Å². The van der Waals surface area contributed by atoms with E-state index in [1.807, 2.05) is 36.4 Å². The molecule has 0 aliphatic carbocycles. The van der Waals surface area contributed by atoms with Gasteiger partial charge in [-0.05, 0) is 41.5 Å². The molecule has 1 amide bonds. The second kappa shape index (κ2) is 7.11. The van der Waals surface area contributed by atoms with Gasteiger partial charge >= 0.3 is 5.97 Å². The average molecular weight is 361 g/mol. The van der Waals surface area contributed by atoms with Gasteiger partial charge in [-0.2, -0.15) is 0 Å². The molecule has 136 valence electrons. The maximum Gasteiger partial charge on any atom is 0.339 e. The minimum absolute atomic E-state index is 0.121. The molecule has 0 N–H and O–H groups in total. The molecule has 0 bridgehead atoms. The topological polar surface area (TPSA) is 59.8 Å². The van der Waals surface area contributed by atoms with Gasteiger partial charge in [-0.25, -0.2) is 4.79 Å². The van der Waals surface area contributed by atoms with E-state index in [2.05, 4.69) is 0 Å². The number of hydrogen-bond acceptors (Lipinski definition) is 4. The molecule has 1 atom stereocenters. The molecular formula is C22H19NO4. The molecule has 1 aliphatic rings. The van der Waals surface area contributed by atoms with Crippen LogP contribution in [0.3, 0.4) is 0 Å². The molecule has 4 rings (SSSR count). The Morgan fingerprint density at radius 3 is 2.67 bits per heavy atom. The molecule has 0 saturated heterocycles. The SMILES string of the molecule is CN(Cc1ccco1)C(=O)c1ccc2c(c1)C[C@@H](c1ccccc1)OC2=O. The quantitative estimate of drug-likeness (QED) is 0.659. The van der Waals surface area contributed by atoms with E-state index in [1.165, 1.54) is 0 Å². The van der Waals surface area contributed by atoms with Crippen LogP contribution in [0.1, 0.15) is 43.7 Å². The van der Waals surface area contributed by atoms with Crippen molar-refractivity contribution in [2.45, 2.75) is 19.1 Å². The molecule has 0 saturated carbocycles. The monoisotopic (exact) mass is 361 g/mol. The first-order valence-corrected chi connectivity index (χ1v) is 8.78. The molecule has 27 heavy (non-hydrogen) atoms. The molecule has 1 aliphatic heterocycles. The van der Waals surface area contributed by atoms with Crippen molar-refractivity contribution in [2.24, 2.45) is 0 Å². The Hall–Kier alpha value is -3.34. The third kappa shape index (κ3) is 3.49. The highest BCUT2D eigenvalue weighted by molar-refractivity contribution is 5.97. The third-order valence-electron chi connectivity index (χ3n) is 4.72. The molecule has 0 fully saturated rings. The number of hydrogen-bond donors (Lipinski definition) is 0. The Balaban J connectivity index is 1.57. The van der Waals surface area contributed by atoms with Gasteiger partial charge in [0.1, 0.15) is 11.9 Å². The zero-order valence-corrected chi connectivity index (χ0v) is 14.9. The summed E-state index contributed by atoms with van der Waals surface area (Å²) in [5, 5.41) is 0. The minimum Gasteiger partial charge on any atom is -0.467 e. The minimum atomic E-state index is -0.354. The van der Waals surface area contributed by atoms with Crippen molar-refractivity contribution in [1.82, 2.24) is 4.90 Å². The Kier molecular flexibility index (Phi) is 4.50. The molecule has 2 heterocycles. The first kappa shape index (κ1) is 17.1. The van der Waals surface area contributed by atoms with Gasteiger partial charge in [0.15, 0.2) is 0 Å². The second-order valence-corrected chi connectivity index (χ2v) is 6.62. The van der Waals surface area contributed by atoms with Crippen molar-refractivity contribution in [3.63, 3.8) is 0 Å². The number of benzene rings is 2. The van der Waals surface area contributed by atoms with Gasteiger partial charge in [-0.1, -0.05) is 30.3 Å². The van der Waals surface area contributed by atoms with Crippen molar-refractivity contribution in [1.29, 1.82) is 0 Å². The van der Waals surface area contributed by atoms with Crippen LogP contribution in [0.4, 0.5) is 0 Å².